The summed E-state index contributed by atoms with van der Waals surface area (Å²) < 4.78 is 16.1. The lowest BCUT2D eigenvalue weighted by Gasteiger charge is -2.08. The van der Waals surface area contributed by atoms with Gasteiger partial charge in [-0.15, -0.1) is 0 Å². The molecule has 108 valence electrons. The monoisotopic (exact) mass is 269 g/mol. The quantitative estimate of drug-likeness (QED) is 0.652. The van der Waals surface area contributed by atoms with Crippen molar-refractivity contribution < 1.29 is 14.2 Å². The van der Waals surface area contributed by atoms with Gasteiger partial charge in [0.05, 0.1) is 6.61 Å². The molecular weight excluding hydrogens is 246 g/mol. The van der Waals surface area contributed by atoms with E-state index in [0.29, 0.717) is 43.9 Å². The summed E-state index contributed by atoms with van der Waals surface area (Å²) in [4.78, 5) is 8.28. The predicted molar refractivity (Wildman–Crippen MR) is 73.0 cm³/mol. The standard InChI is InChI=1S/C13H23N3O3/c1-3-5-6-18-7-8-19-13-9-11(14)15-12(16-13)10-17-4-2/h9H,3-8,10H2,1-2H3,(H2,14,15,16). The Balaban J connectivity index is 2.34. The van der Waals surface area contributed by atoms with Gasteiger partial charge in [-0.05, 0) is 13.3 Å². The maximum absolute atomic E-state index is 5.68. The molecule has 0 aliphatic carbocycles. The van der Waals surface area contributed by atoms with Crippen LogP contribution in [0.25, 0.3) is 0 Å². The molecule has 0 saturated heterocycles. The molecule has 0 saturated carbocycles. The molecule has 1 heterocycles. The van der Waals surface area contributed by atoms with Crippen molar-refractivity contribution in [3.63, 3.8) is 0 Å². The Hall–Kier alpha value is -1.40. The molecule has 6 nitrogen and oxygen atoms in total. The average Bonchev–Trinajstić information content (AvgIpc) is 2.40. The maximum Gasteiger partial charge on any atom is 0.218 e. The van der Waals surface area contributed by atoms with Crippen LogP contribution >= 0.6 is 0 Å². The van der Waals surface area contributed by atoms with Gasteiger partial charge < -0.3 is 19.9 Å². The fraction of sp³-hybridized carbons (Fsp3) is 0.692. The van der Waals surface area contributed by atoms with Crippen LogP contribution in [0.5, 0.6) is 5.88 Å². The molecule has 0 aliphatic heterocycles. The molecule has 6 heteroatoms. The van der Waals surface area contributed by atoms with Crippen LogP contribution in [0.2, 0.25) is 0 Å². The number of hydrogen-bond acceptors (Lipinski definition) is 6. The van der Waals surface area contributed by atoms with Crippen molar-refractivity contribution in [2.45, 2.75) is 33.3 Å². The second-order valence-corrected chi connectivity index (χ2v) is 4.00. The fourth-order valence-corrected chi connectivity index (χ4v) is 1.38. The number of nitrogens with zero attached hydrogens (tertiary/aromatic N) is 2. The van der Waals surface area contributed by atoms with Crippen LogP contribution in [-0.4, -0.2) is 36.4 Å². The molecule has 1 rings (SSSR count). The van der Waals surface area contributed by atoms with E-state index < -0.39 is 0 Å². The smallest absolute Gasteiger partial charge is 0.218 e. The molecule has 0 fully saturated rings. The second kappa shape index (κ2) is 9.52. The Morgan fingerprint density at radius 2 is 1.95 bits per heavy atom. The van der Waals surface area contributed by atoms with Gasteiger partial charge in [0, 0.05) is 19.3 Å². The van der Waals surface area contributed by atoms with Crippen molar-refractivity contribution in [2.24, 2.45) is 0 Å². The zero-order valence-corrected chi connectivity index (χ0v) is 11.7. The van der Waals surface area contributed by atoms with E-state index in [-0.39, 0.29) is 0 Å². The summed E-state index contributed by atoms with van der Waals surface area (Å²) in [6, 6.07) is 1.60. The van der Waals surface area contributed by atoms with Gasteiger partial charge in [-0.25, -0.2) is 4.98 Å². The third-order valence-electron chi connectivity index (χ3n) is 2.32. The molecule has 19 heavy (non-hydrogen) atoms. The summed E-state index contributed by atoms with van der Waals surface area (Å²) in [5.74, 6) is 1.37. The molecule has 0 amide bonds. The van der Waals surface area contributed by atoms with Crippen LogP contribution in [0.1, 0.15) is 32.5 Å². The lowest BCUT2D eigenvalue weighted by Crippen LogP contribution is -2.10. The molecule has 0 radical (unpaired) electrons. The topological polar surface area (TPSA) is 79.5 Å². The van der Waals surface area contributed by atoms with Gasteiger partial charge >= 0.3 is 0 Å². The van der Waals surface area contributed by atoms with E-state index >= 15 is 0 Å². The molecule has 1 aromatic rings. The number of rotatable bonds is 10. The first-order valence-electron chi connectivity index (χ1n) is 6.68. The molecule has 2 N–H and O–H groups in total. The molecular formula is C13H23N3O3. The van der Waals surface area contributed by atoms with Crippen molar-refractivity contribution >= 4 is 5.82 Å². The van der Waals surface area contributed by atoms with E-state index in [9.17, 15) is 0 Å². The third-order valence-corrected chi connectivity index (χ3v) is 2.32. The largest absolute Gasteiger partial charge is 0.475 e. The van der Waals surface area contributed by atoms with E-state index in [2.05, 4.69) is 16.9 Å². The van der Waals surface area contributed by atoms with Gasteiger partial charge in [0.25, 0.3) is 0 Å². The second-order valence-electron chi connectivity index (χ2n) is 4.00. The van der Waals surface area contributed by atoms with Gasteiger partial charge in [0.15, 0.2) is 5.82 Å². The van der Waals surface area contributed by atoms with Crippen LogP contribution < -0.4 is 10.5 Å². The summed E-state index contributed by atoms with van der Waals surface area (Å²) in [5, 5.41) is 0. The van der Waals surface area contributed by atoms with Crippen LogP contribution in [0.3, 0.4) is 0 Å². The van der Waals surface area contributed by atoms with Crippen molar-refractivity contribution in [1.29, 1.82) is 0 Å². The van der Waals surface area contributed by atoms with Gasteiger partial charge in [-0.2, -0.15) is 4.98 Å². The molecule has 0 aromatic carbocycles. The Morgan fingerprint density at radius 3 is 2.68 bits per heavy atom. The maximum atomic E-state index is 5.68. The lowest BCUT2D eigenvalue weighted by atomic mass is 10.4. The molecule has 0 aliphatic rings. The summed E-state index contributed by atoms with van der Waals surface area (Å²) in [5.41, 5.74) is 5.68. The molecule has 0 bridgehead atoms. The van der Waals surface area contributed by atoms with Crippen molar-refractivity contribution in [3.05, 3.63) is 11.9 Å². The fourth-order valence-electron chi connectivity index (χ4n) is 1.38. The minimum absolute atomic E-state index is 0.338. The number of nitrogen functional groups attached to an aromatic ring is 1. The first-order valence-corrected chi connectivity index (χ1v) is 6.68. The summed E-state index contributed by atoms with van der Waals surface area (Å²) in [6.45, 7) is 6.76. The van der Waals surface area contributed by atoms with E-state index in [1.165, 1.54) is 0 Å². The normalized spacial score (nSPS) is 10.6. The molecule has 1 aromatic heterocycles. The number of nitrogens with two attached hydrogens (primary N) is 1. The Bertz CT molecular complexity index is 361. The molecule has 0 unspecified atom stereocenters. The zero-order valence-electron chi connectivity index (χ0n) is 11.7. The van der Waals surface area contributed by atoms with Crippen LogP contribution in [0.15, 0.2) is 6.07 Å². The Kier molecular flexibility index (Phi) is 7.84. The van der Waals surface area contributed by atoms with Crippen LogP contribution in [-0.2, 0) is 16.1 Å². The third kappa shape index (κ3) is 6.93. The highest BCUT2D eigenvalue weighted by Gasteiger charge is 2.03. The number of hydrogen-bond donors (Lipinski definition) is 1. The summed E-state index contributed by atoms with van der Waals surface area (Å²) >= 11 is 0. The SMILES string of the molecule is CCCCOCCOc1cc(N)nc(COCC)n1. The van der Waals surface area contributed by atoms with E-state index in [1.54, 1.807) is 6.07 Å². The number of aromatic nitrogens is 2. The average molecular weight is 269 g/mol. The van der Waals surface area contributed by atoms with E-state index in [0.717, 1.165) is 19.4 Å². The van der Waals surface area contributed by atoms with Gasteiger partial charge in [-0.3, -0.25) is 0 Å². The first-order chi connectivity index (χ1) is 9.26. The highest BCUT2D eigenvalue weighted by atomic mass is 16.5. The van der Waals surface area contributed by atoms with Crippen molar-refractivity contribution in [3.8, 4) is 5.88 Å². The molecule has 0 spiro atoms. The minimum atomic E-state index is 0.338. The molecule has 0 atom stereocenters. The lowest BCUT2D eigenvalue weighted by molar-refractivity contribution is 0.0955. The minimum Gasteiger partial charge on any atom is -0.475 e. The van der Waals surface area contributed by atoms with Gasteiger partial charge in [0.1, 0.15) is 19.0 Å². The Labute approximate surface area is 114 Å². The highest BCUT2D eigenvalue weighted by Crippen LogP contribution is 2.11. The highest BCUT2D eigenvalue weighted by molar-refractivity contribution is 5.32. The first kappa shape index (κ1) is 15.7. The predicted octanol–water partition coefficient (Wildman–Crippen LogP) is 1.79. The van der Waals surface area contributed by atoms with Crippen molar-refractivity contribution in [2.75, 3.05) is 32.2 Å². The van der Waals surface area contributed by atoms with Gasteiger partial charge in [-0.1, -0.05) is 13.3 Å². The number of unbranched alkanes of at least 4 members (excludes halogenated alkanes) is 1. The number of ether oxygens (including phenoxy) is 3. The van der Waals surface area contributed by atoms with E-state index in [4.69, 9.17) is 19.9 Å². The van der Waals surface area contributed by atoms with Crippen LogP contribution in [0.4, 0.5) is 5.82 Å². The van der Waals surface area contributed by atoms with E-state index in [1.807, 2.05) is 6.92 Å². The van der Waals surface area contributed by atoms with Gasteiger partial charge in [0.2, 0.25) is 5.88 Å². The number of anilines is 1. The zero-order chi connectivity index (χ0) is 13.9. The Morgan fingerprint density at radius 1 is 1.11 bits per heavy atom. The summed E-state index contributed by atoms with van der Waals surface area (Å²) in [6.07, 6.45) is 2.20. The van der Waals surface area contributed by atoms with Crippen molar-refractivity contribution in [1.82, 2.24) is 9.97 Å². The van der Waals surface area contributed by atoms with Crippen LogP contribution in [0, 0.1) is 0 Å². The summed E-state index contributed by atoms with van der Waals surface area (Å²) in [7, 11) is 0.